The van der Waals surface area contributed by atoms with E-state index in [-0.39, 0.29) is 15.6 Å². The van der Waals surface area contributed by atoms with E-state index in [1.165, 1.54) is 0 Å². The van der Waals surface area contributed by atoms with E-state index >= 15 is 0 Å². The smallest absolute Gasteiger partial charge is 0.307 e. The van der Waals surface area contributed by atoms with Crippen LogP contribution in [-0.4, -0.2) is 26.6 Å². The van der Waals surface area contributed by atoms with Crippen LogP contribution >= 0.6 is 31.9 Å². The minimum Gasteiger partial charge on any atom is -0.481 e. The van der Waals surface area contributed by atoms with Gasteiger partial charge in [0, 0.05) is 20.7 Å². The number of rotatable bonds is 3. The molecule has 0 heterocycles. The SMILES string of the molecule is O=C(O)[C@H]1C[C@@H](Br)[C@@H](Br)C[C@@H]1C(=O)Nc1cccc2ccccc12. The summed E-state index contributed by atoms with van der Waals surface area (Å²) < 4.78 is 0. The maximum absolute atomic E-state index is 12.8. The van der Waals surface area contributed by atoms with Crippen molar-refractivity contribution in [3.8, 4) is 0 Å². The third-order valence-corrected chi connectivity index (χ3v) is 7.27. The summed E-state index contributed by atoms with van der Waals surface area (Å²) in [6.45, 7) is 0. The number of nitrogens with one attached hydrogen (secondary N) is 1. The molecule has 4 nitrogen and oxygen atoms in total. The Labute approximate surface area is 156 Å². The van der Waals surface area contributed by atoms with Gasteiger partial charge in [-0.25, -0.2) is 0 Å². The first kappa shape index (κ1) is 17.4. The van der Waals surface area contributed by atoms with Crippen molar-refractivity contribution in [1.29, 1.82) is 0 Å². The molecule has 126 valence electrons. The number of amides is 1. The number of carbonyl (C=O) groups excluding carboxylic acids is 1. The Kier molecular flexibility index (Phi) is 5.25. The third-order valence-electron chi connectivity index (χ3n) is 4.54. The fourth-order valence-electron chi connectivity index (χ4n) is 3.23. The van der Waals surface area contributed by atoms with Crippen molar-refractivity contribution in [3.63, 3.8) is 0 Å². The second kappa shape index (κ2) is 7.23. The zero-order valence-corrected chi connectivity index (χ0v) is 16.0. The number of carboxylic acid groups (broad SMARTS) is 1. The van der Waals surface area contributed by atoms with Gasteiger partial charge in [-0.3, -0.25) is 9.59 Å². The molecule has 1 aliphatic rings. The maximum atomic E-state index is 12.8. The van der Waals surface area contributed by atoms with Gasteiger partial charge in [0.2, 0.25) is 5.91 Å². The normalized spacial score (nSPS) is 26.9. The molecule has 4 atom stereocenters. The van der Waals surface area contributed by atoms with E-state index in [9.17, 15) is 14.7 Å². The van der Waals surface area contributed by atoms with Crippen LogP contribution in [-0.2, 0) is 9.59 Å². The van der Waals surface area contributed by atoms with E-state index in [1.54, 1.807) is 0 Å². The van der Waals surface area contributed by atoms with Crippen LogP contribution in [0.15, 0.2) is 42.5 Å². The molecule has 1 fully saturated rings. The number of halogens is 2. The molecule has 1 aliphatic carbocycles. The van der Waals surface area contributed by atoms with Gasteiger partial charge in [-0.2, -0.15) is 0 Å². The van der Waals surface area contributed by atoms with E-state index in [1.807, 2.05) is 42.5 Å². The lowest BCUT2D eigenvalue weighted by atomic mass is 9.78. The highest BCUT2D eigenvalue weighted by molar-refractivity contribution is 9.12. The second-order valence-corrected chi connectivity index (χ2v) is 8.42. The monoisotopic (exact) mass is 453 g/mol. The predicted molar refractivity (Wildman–Crippen MR) is 102 cm³/mol. The topological polar surface area (TPSA) is 66.4 Å². The molecule has 24 heavy (non-hydrogen) atoms. The molecular formula is C18H17Br2NO3. The lowest BCUT2D eigenvalue weighted by Gasteiger charge is -2.34. The Morgan fingerprint density at radius 2 is 1.58 bits per heavy atom. The average Bonchev–Trinajstić information content (AvgIpc) is 2.57. The Morgan fingerprint density at radius 1 is 0.958 bits per heavy atom. The fraction of sp³-hybridized carbons (Fsp3) is 0.333. The number of fused-ring (bicyclic) bond motifs is 1. The quantitative estimate of drug-likeness (QED) is 0.674. The molecule has 6 heteroatoms. The lowest BCUT2D eigenvalue weighted by molar-refractivity contribution is -0.147. The molecule has 0 saturated heterocycles. The molecule has 0 unspecified atom stereocenters. The Morgan fingerprint density at radius 3 is 2.29 bits per heavy atom. The lowest BCUT2D eigenvalue weighted by Crippen LogP contribution is -2.42. The molecule has 0 radical (unpaired) electrons. The summed E-state index contributed by atoms with van der Waals surface area (Å²) in [6, 6.07) is 13.5. The van der Waals surface area contributed by atoms with Crippen LogP contribution in [0.1, 0.15) is 12.8 Å². The molecule has 2 N–H and O–H groups in total. The molecule has 2 aromatic rings. The van der Waals surface area contributed by atoms with Gasteiger partial charge in [-0.15, -0.1) is 0 Å². The Bertz CT molecular complexity index is 774. The minimum atomic E-state index is -0.920. The highest BCUT2D eigenvalue weighted by atomic mass is 79.9. The zero-order chi connectivity index (χ0) is 17.3. The first-order valence-corrected chi connectivity index (χ1v) is 9.60. The average molecular weight is 455 g/mol. The van der Waals surface area contributed by atoms with Crippen LogP contribution in [0.4, 0.5) is 5.69 Å². The number of benzene rings is 2. The van der Waals surface area contributed by atoms with Crippen molar-refractivity contribution in [1.82, 2.24) is 0 Å². The number of hydrogen-bond acceptors (Lipinski definition) is 2. The first-order chi connectivity index (χ1) is 11.5. The van der Waals surface area contributed by atoms with Crippen molar-refractivity contribution in [2.45, 2.75) is 22.5 Å². The van der Waals surface area contributed by atoms with Gasteiger partial charge in [0.15, 0.2) is 0 Å². The number of aliphatic carboxylic acids is 1. The first-order valence-electron chi connectivity index (χ1n) is 7.77. The number of alkyl halides is 2. The van der Waals surface area contributed by atoms with Gasteiger partial charge in [-0.1, -0.05) is 68.3 Å². The van der Waals surface area contributed by atoms with E-state index in [0.29, 0.717) is 18.5 Å². The molecule has 2 aromatic carbocycles. The number of hydrogen-bond donors (Lipinski definition) is 2. The van der Waals surface area contributed by atoms with Gasteiger partial charge in [-0.05, 0) is 24.3 Å². The minimum absolute atomic E-state index is 0.0557. The van der Waals surface area contributed by atoms with E-state index in [2.05, 4.69) is 37.2 Å². The van der Waals surface area contributed by atoms with E-state index in [0.717, 1.165) is 10.8 Å². The van der Waals surface area contributed by atoms with Gasteiger partial charge in [0.05, 0.1) is 11.8 Å². The van der Waals surface area contributed by atoms with Crippen LogP contribution in [0.3, 0.4) is 0 Å². The van der Waals surface area contributed by atoms with Crippen LogP contribution < -0.4 is 5.32 Å². The molecule has 1 amide bonds. The largest absolute Gasteiger partial charge is 0.481 e. The molecule has 0 bridgehead atoms. The Balaban J connectivity index is 1.86. The summed E-state index contributed by atoms with van der Waals surface area (Å²) in [5.41, 5.74) is 0.717. The van der Waals surface area contributed by atoms with Crippen LogP contribution in [0.2, 0.25) is 0 Å². The second-order valence-electron chi connectivity index (χ2n) is 6.07. The third kappa shape index (κ3) is 3.49. The number of anilines is 1. The summed E-state index contributed by atoms with van der Waals surface area (Å²) >= 11 is 7.04. The van der Waals surface area contributed by atoms with Gasteiger partial charge >= 0.3 is 5.97 Å². The molecule has 3 rings (SSSR count). The maximum Gasteiger partial charge on any atom is 0.307 e. The van der Waals surface area contributed by atoms with Crippen LogP contribution in [0.25, 0.3) is 10.8 Å². The van der Waals surface area contributed by atoms with Gasteiger partial charge < -0.3 is 10.4 Å². The molecular weight excluding hydrogens is 438 g/mol. The van der Waals surface area contributed by atoms with Crippen molar-refractivity contribution >= 4 is 60.2 Å². The van der Waals surface area contributed by atoms with Gasteiger partial charge in [0.1, 0.15) is 0 Å². The summed E-state index contributed by atoms with van der Waals surface area (Å²) in [6.07, 6.45) is 0.919. The fourth-order valence-corrected chi connectivity index (χ4v) is 4.47. The van der Waals surface area contributed by atoms with E-state index in [4.69, 9.17) is 0 Å². The van der Waals surface area contributed by atoms with Crippen molar-refractivity contribution < 1.29 is 14.7 Å². The number of carbonyl (C=O) groups is 2. The molecule has 0 spiro atoms. The summed E-state index contributed by atoms with van der Waals surface area (Å²) in [5, 5.41) is 14.4. The Hall–Kier alpha value is -1.40. The highest BCUT2D eigenvalue weighted by Gasteiger charge is 2.42. The van der Waals surface area contributed by atoms with Crippen molar-refractivity contribution in [3.05, 3.63) is 42.5 Å². The van der Waals surface area contributed by atoms with Crippen molar-refractivity contribution in [2.75, 3.05) is 5.32 Å². The van der Waals surface area contributed by atoms with Gasteiger partial charge in [0.25, 0.3) is 0 Å². The number of carboxylic acids is 1. The van der Waals surface area contributed by atoms with Crippen molar-refractivity contribution in [2.24, 2.45) is 11.8 Å². The standard InChI is InChI=1S/C18H17Br2NO3/c19-14-8-12(13(18(23)24)9-15(14)20)17(22)21-16-7-3-5-10-4-1-2-6-11(10)16/h1-7,12-15H,8-9H2,(H,21,22)(H,23,24)/t12-,13-,14-,15+/m0/s1. The highest BCUT2D eigenvalue weighted by Crippen LogP contribution is 2.38. The predicted octanol–water partition coefficient (Wildman–Crippen LogP) is 4.42. The molecule has 0 aliphatic heterocycles. The van der Waals surface area contributed by atoms with E-state index < -0.39 is 17.8 Å². The summed E-state index contributed by atoms with van der Waals surface area (Å²) in [7, 11) is 0. The zero-order valence-electron chi connectivity index (χ0n) is 12.8. The van der Waals surface area contributed by atoms with Crippen LogP contribution in [0.5, 0.6) is 0 Å². The summed E-state index contributed by atoms with van der Waals surface area (Å²) in [4.78, 5) is 24.5. The molecule has 0 aromatic heterocycles. The van der Waals surface area contributed by atoms with Crippen LogP contribution in [0, 0.1) is 11.8 Å². The molecule has 1 saturated carbocycles. The summed E-state index contributed by atoms with van der Waals surface area (Å²) in [5.74, 6) is -2.39.